The van der Waals surface area contributed by atoms with E-state index < -0.39 is 0 Å². The lowest BCUT2D eigenvalue weighted by Crippen LogP contribution is -2.28. The molecule has 0 unspecified atom stereocenters. The van der Waals surface area contributed by atoms with Gasteiger partial charge in [-0.3, -0.25) is 4.79 Å². The van der Waals surface area contributed by atoms with E-state index in [-0.39, 0.29) is 5.91 Å². The summed E-state index contributed by atoms with van der Waals surface area (Å²) in [5, 5.41) is 2.76. The molecule has 0 saturated heterocycles. The monoisotopic (exact) mass is 279 g/mol. The van der Waals surface area contributed by atoms with Crippen molar-refractivity contribution in [2.24, 2.45) is 0 Å². The van der Waals surface area contributed by atoms with Crippen LogP contribution in [0.15, 0.2) is 18.3 Å². The quantitative estimate of drug-likeness (QED) is 0.703. The van der Waals surface area contributed by atoms with Crippen molar-refractivity contribution in [3.05, 3.63) is 24.0 Å². The number of hydrogen-bond acceptors (Lipinski definition) is 4. The van der Waals surface area contributed by atoms with Gasteiger partial charge >= 0.3 is 0 Å². The Hall–Kier alpha value is -1.62. The van der Waals surface area contributed by atoms with E-state index in [1.807, 2.05) is 6.07 Å². The number of carbonyl (C=O) groups excluding carboxylic acids is 1. The van der Waals surface area contributed by atoms with Gasteiger partial charge in [0.15, 0.2) is 0 Å². The highest BCUT2D eigenvalue weighted by atomic mass is 16.5. The van der Waals surface area contributed by atoms with Crippen molar-refractivity contribution in [3.8, 4) is 0 Å². The van der Waals surface area contributed by atoms with Gasteiger partial charge in [0.25, 0.3) is 5.91 Å². The first-order valence-corrected chi connectivity index (χ1v) is 7.21. The predicted octanol–water partition coefficient (Wildman–Crippen LogP) is 2.08. The van der Waals surface area contributed by atoms with Gasteiger partial charge in [0, 0.05) is 26.7 Å². The summed E-state index contributed by atoms with van der Waals surface area (Å²) in [5.41, 5.74) is 1.51. The van der Waals surface area contributed by atoms with E-state index in [9.17, 15) is 4.79 Å². The topological polar surface area (TPSA) is 54.5 Å². The molecule has 1 N–H and O–H groups in total. The average molecular weight is 279 g/mol. The number of pyridine rings is 1. The Bertz CT molecular complexity index is 387. The Morgan fingerprint density at radius 1 is 1.30 bits per heavy atom. The molecule has 0 fully saturated rings. The average Bonchev–Trinajstić information content (AvgIpc) is 2.47. The molecule has 1 aromatic rings. The third kappa shape index (κ3) is 5.17. The first kappa shape index (κ1) is 16.4. The van der Waals surface area contributed by atoms with Gasteiger partial charge < -0.3 is 15.0 Å². The van der Waals surface area contributed by atoms with Crippen molar-refractivity contribution < 1.29 is 9.53 Å². The molecule has 1 amide bonds. The minimum atomic E-state index is -0.161. The molecule has 1 rings (SSSR count). The number of rotatable bonds is 9. The summed E-state index contributed by atoms with van der Waals surface area (Å²) in [5.74, 6) is -0.161. The minimum Gasteiger partial charge on any atom is -0.383 e. The van der Waals surface area contributed by atoms with Crippen LogP contribution in [0, 0.1) is 0 Å². The van der Waals surface area contributed by atoms with Crippen molar-refractivity contribution >= 4 is 11.6 Å². The van der Waals surface area contributed by atoms with Crippen LogP contribution in [0.25, 0.3) is 0 Å². The fourth-order valence-electron chi connectivity index (χ4n) is 1.97. The molecule has 0 aliphatic carbocycles. The summed E-state index contributed by atoms with van der Waals surface area (Å²) in [6.45, 7) is 7.34. The van der Waals surface area contributed by atoms with Crippen LogP contribution in [0.1, 0.15) is 37.2 Å². The third-order valence-electron chi connectivity index (χ3n) is 2.92. The van der Waals surface area contributed by atoms with E-state index in [0.717, 1.165) is 31.6 Å². The van der Waals surface area contributed by atoms with Crippen LogP contribution in [0.3, 0.4) is 0 Å². The molecule has 5 nitrogen and oxygen atoms in total. The first-order chi connectivity index (χ1) is 9.72. The van der Waals surface area contributed by atoms with Crippen LogP contribution in [-0.4, -0.2) is 44.2 Å². The van der Waals surface area contributed by atoms with Crippen molar-refractivity contribution in [1.82, 2.24) is 10.3 Å². The van der Waals surface area contributed by atoms with E-state index in [2.05, 4.69) is 29.0 Å². The number of aromatic nitrogens is 1. The minimum absolute atomic E-state index is 0.161. The Balaban J connectivity index is 2.64. The van der Waals surface area contributed by atoms with E-state index in [1.165, 1.54) is 0 Å². The third-order valence-corrected chi connectivity index (χ3v) is 2.92. The second kappa shape index (κ2) is 9.31. The molecule has 0 aliphatic rings. The van der Waals surface area contributed by atoms with E-state index in [0.29, 0.717) is 18.8 Å². The highest BCUT2D eigenvalue weighted by Gasteiger charge is 2.09. The zero-order valence-corrected chi connectivity index (χ0v) is 12.7. The van der Waals surface area contributed by atoms with Gasteiger partial charge in [0.1, 0.15) is 5.69 Å². The molecule has 112 valence electrons. The van der Waals surface area contributed by atoms with Crippen LogP contribution < -0.4 is 10.2 Å². The number of methoxy groups -OCH3 is 1. The maximum atomic E-state index is 11.8. The molecular weight excluding hydrogens is 254 g/mol. The molecule has 5 heteroatoms. The molecule has 0 bridgehead atoms. The van der Waals surface area contributed by atoms with Crippen LogP contribution in [0.2, 0.25) is 0 Å². The highest BCUT2D eigenvalue weighted by molar-refractivity contribution is 5.92. The lowest BCUT2D eigenvalue weighted by molar-refractivity contribution is 0.0932. The SMILES string of the molecule is CCCN(CCC)c1ccc(C(=O)NCCOC)nc1. The summed E-state index contributed by atoms with van der Waals surface area (Å²) >= 11 is 0. The molecule has 1 aromatic heterocycles. The second-order valence-electron chi connectivity index (χ2n) is 4.64. The molecule has 20 heavy (non-hydrogen) atoms. The van der Waals surface area contributed by atoms with Crippen LogP contribution >= 0.6 is 0 Å². The fourth-order valence-corrected chi connectivity index (χ4v) is 1.97. The molecule has 0 saturated carbocycles. The number of carbonyl (C=O) groups is 1. The highest BCUT2D eigenvalue weighted by Crippen LogP contribution is 2.14. The molecule has 0 aromatic carbocycles. The summed E-state index contributed by atoms with van der Waals surface area (Å²) in [6.07, 6.45) is 3.97. The first-order valence-electron chi connectivity index (χ1n) is 7.21. The standard InChI is InChI=1S/C15H25N3O2/c1-4-9-18(10-5-2)13-6-7-14(17-12-13)15(19)16-8-11-20-3/h6-7,12H,4-5,8-11H2,1-3H3,(H,16,19). The van der Waals surface area contributed by atoms with Gasteiger partial charge in [-0.25, -0.2) is 4.98 Å². The van der Waals surface area contributed by atoms with E-state index in [4.69, 9.17) is 4.74 Å². The Kier molecular flexibility index (Phi) is 7.65. The van der Waals surface area contributed by atoms with E-state index >= 15 is 0 Å². The van der Waals surface area contributed by atoms with Crippen molar-refractivity contribution in [2.75, 3.05) is 38.3 Å². The van der Waals surface area contributed by atoms with E-state index in [1.54, 1.807) is 19.4 Å². The van der Waals surface area contributed by atoms with Gasteiger partial charge in [0.2, 0.25) is 0 Å². The number of amides is 1. The normalized spacial score (nSPS) is 10.3. The van der Waals surface area contributed by atoms with Crippen LogP contribution in [0.4, 0.5) is 5.69 Å². The number of ether oxygens (including phenoxy) is 1. The zero-order valence-electron chi connectivity index (χ0n) is 12.7. The summed E-state index contributed by atoms with van der Waals surface area (Å²) < 4.78 is 4.89. The van der Waals surface area contributed by atoms with Crippen LogP contribution in [0.5, 0.6) is 0 Å². The summed E-state index contributed by atoms with van der Waals surface area (Å²) in [6, 6.07) is 3.74. The summed E-state index contributed by atoms with van der Waals surface area (Å²) in [4.78, 5) is 18.3. The zero-order chi connectivity index (χ0) is 14.8. The predicted molar refractivity (Wildman–Crippen MR) is 81.2 cm³/mol. The van der Waals surface area contributed by atoms with Crippen LogP contribution in [-0.2, 0) is 4.74 Å². The second-order valence-corrected chi connectivity index (χ2v) is 4.64. The lowest BCUT2D eigenvalue weighted by Gasteiger charge is -2.23. The Labute approximate surface area is 121 Å². The Morgan fingerprint density at radius 2 is 2.00 bits per heavy atom. The maximum absolute atomic E-state index is 11.8. The van der Waals surface area contributed by atoms with Crippen molar-refractivity contribution in [3.63, 3.8) is 0 Å². The van der Waals surface area contributed by atoms with Gasteiger partial charge in [-0.1, -0.05) is 13.8 Å². The smallest absolute Gasteiger partial charge is 0.269 e. The number of hydrogen-bond donors (Lipinski definition) is 1. The molecule has 0 radical (unpaired) electrons. The van der Waals surface area contributed by atoms with Gasteiger partial charge in [-0.05, 0) is 25.0 Å². The van der Waals surface area contributed by atoms with Crippen molar-refractivity contribution in [1.29, 1.82) is 0 Å². The molecule has 1 heterocycles. The lowest BCUT2D eigenvalue weighted by atomic mass is 10.2. The van der Waals surface area contributed by atoms with Gasteiger partial charge in [-0.2, -0.15) is 0 Å². The van der Waals surface area contributed by atoms with Gasteiger partial charge in [0.05, 0.1) is 18.5 Å². The largest absolute Gasteiger partial charge is 0.383 e. The molecule has 0 atom stereocenters. The molecule has 0 spiro atoms. The number of anilines is 1. The Morgan fingerprint density at radius 3 is 2.50 bits per heavy atom. The number of nitrogens with zero attached hydrogens (tertiary/aromatic N) is 2. The van der Waals surface area contributed by atoms with Crippen molar-refractivity contribution in [2.45, 2.75) is 26.7 Å². The molecule has 0 aliphatic heterocycles. The van der Waals surface area contributed by atoms with Gasteiger partial charge in [-0.15, -0.1) is 0 Å². The number of nitrogens with one attached hydrogen (secondary N) is 1. The molecular formula is C15H25N3O2. The fraction of sp³-hybridized carbons (Fsp3) is 0.600. The maximum Gasteiger partial charge on any atom is 0.269 e. The summed E-state index contributed by atoms with van der Waals surface area (Å²) in [7, 11) is 1.61.